The summed E-state index contributed by atoms with van der Waals surface area (Å²) in [6.07, 6.45) is 1.77. The number of hydrogen-bond acceptors (Lipinski definition) is 5. The Morgan fingerprint density at radius 2 is 2.18 bits per heavy atom. The zero-order chi connectivity index (χ0) is 11.8. The third-order valence-corrected chi connectivity index (χ3v) is 4.34. The second-order valence-corrected chi connectivity index (χ2v) is 5.52. The molecule has 5 heteroatoms. The largest absolute Gasteiger partial charge is 0.295 e. The van der Waals surface area contributed by atoms with Gasteiger partial charge in [0.15, 0.2) is 15.8 Å². The highest BCUT2D eigenvalue weighted by molar-refractivity contribution is 7.24. The molecular formula is C12H8N2OS2. The van der Waals surface area contributed by atoms with Crippen molar-refractivity contribution in [2.75, 3.05) is 0 Å². The van der Waals surface area contributed by atoms with E-state index in [1.54, 1.807) is 35.8 Å². The molecule has 84 valence electrons. The van der Waals surface area contributed by atoms with E-state index in [0.717, 1.165) is 25.8 Å². The smallest absolute Gasteiger partial charge is 0.159 e. The Morgan fingerprint density at radius 3 is 2.88 bits per heavy atom. The number of benzene rings is 1. The summed E-state index contributed by atoms with van der Waals surface area (Å²) >= 11 is 3.14. The number of ketones is 1. The Labute approximate surface area is 106 Å². The van der Waals surface area contributed by atoms with E-state index in [-0.39, 0.29) is 5.78 Å². The van der Waals surface area contributed by atoms with E-state index >= 15 is 0 Å². The van der Waals surface area contributed by atoms with Gasteiger partial charge in [-0.25, -0.2) is 9.97 Å². The van der Waals surface area contributed by atoms with Crippen LogP contribution in [0.2, 0.25) is 0 Å². The molecule has 0 amide bonds. The maximum atomic E-state index is 11.3. The van der Waals surface area contributed by atoms with Crippen LogP contribution in [0.15, 0.2) is 29.8 Å². The van der Waals surface area contributed by atoms with Crippen LogP contribution in [0, 0.1) is 0 Å². The topological polar surface area (TPSA) is 42.9 Å². The van der Waals surface area contributed by atoms with Gasteiger partial charge in [0, 0.05) is 17.1 Å². The van der Waals surface area contributed by atoms with Gasteiger partial charge in [0.2, 0.25) is 0 Å². The van der Waals surface area contributed by atoms with Crippen LogP contribution in [0.3, 0.4) is 0 Å². The van der Waals surface area contributed by atoms with Gasteiger partial charge in [-0.15, -0.1) is 22.7 Å². The monoisotopic (exact) mass is 260 g/mol. The predicted octanol–water partition coefficient (Wildman–Crippen LogP) is 3.62. The number of nitrogens with zero attached hydrogens (tertiary/aromatic N) is 2. The van der Waals surface area contributed by atoms with Gasteiger partial charge in [-0.2, -0.15) is 0 Å². The summed E-state index contributed by atoms with van der Waals surface area (Å²) in [5.74, 6) is 0.0797. The maximum absolute atomic E-state index is 11.3. The summed E-state index contributed by atoms with van der Waals surface area (Å²) in [5, 5.41) is 3.77. The average Bonchev–Trinajstić information content (AvgIpc) is 2.96. The second kappa shape index (κ2) is 4.01. The molecule has 0 saturated heterocycles. The fourth-order valence-electron chi connectivity index (χ4n) is 1.56. The van der Waals surface area contributed by atoms with Gasteiger partial charge in [0.25, 0.3) is 0 Å². The molecule has 2 heterocycles. The number of thiazole rings is 2. The summed E-state index contributed by atoms with van der Waals surface area (Å²) in [7, 11) is 0. The minimum absolute atomic E-state index is 0.0797. The molecule has 3 rings (SSSR count). The Bertz CT molecular complexity index is 686. The van der Waals surface area contributed by atoms with Crippen LogP contribution in [0.1, 0.15) is 17.3 Å². The summed E-state index contributed by atoms with van der Waals surface area (Å²) in [6, 6.07) is 5.60. The van der Waals surface area contributed by atoms with Crippen molar-refractivity contribution in [3.63, 3.8) is 0 Å². The van der Waals surface area contributed by atoms with E-state index in [9.17, 15) is 4.79 Å². The van der Waals surface area contributed by atoms with Crippen molar-refractivity contribution in [2.45, 2.75) is 6.92 Å². The quantitative estimate of drug-likeness (QED) is 0.661. The van der Waals surface area contributed by atoms with Crippen molar-refractivity contribution in [1.82, 2.24) is 9.97 Å². The molecule has 0 bridgehead atoms. The lowest BCUT2D eigenvalue weighted by Gasteiger charge is -1.93. The first-order chi connectivity index (χ1) is 8.24. The predicted molar refractivity (Wildman–Crippen MR) is 70.7 cm³/mol. The highest BCUT2D eigenvalue weighted by Crippen LogP contribution is 2.31. The van der Waals surface area contributed by atoms with Crippen LogP contribution >= 0.6 is 22.7 Å². The lowest BCUT2D eigenvalue weighted by Crippen LogP contribution is -1.89. The third-order valence-electron chi connectivity index (χ3n) is 2.41. The number of hydrogen-bond donors (Lipinski definition) is 0. The maximum Gasteiger partial charge on any atom is 0.159 e. The minimum Gasteiger partial charge on any atom is -0.295 e. The zero-order valence-corrected chi connectivity index (χ0v) is 10.6. The van der Waals surface area contributed by atoms with E-state index in [1.165, 1.54) is 0 Å². The van der Waals surface area contributed by atoms with Crippen LogP contribution in [0.25, 0.3) is 20.2 Å². The van der Waals surface area contributed by atoms with Gasteiger partial charge < -0.3 is 0 Å². The Kier molecular flexibility index (Phi) is 2.49. The fraction of sp³-hybridized carbons (Fsp3) is 0.0833. The van der Waals surface area contributed by atoms with Gasteiger partial charge in [-0.1, -0.05) is 0 Å². The van der Waals surface area contributed by atoms with Crippen molar-refractivity contribution in [1.29, 1.82) is 0 Å². The number of aromatic nitrogens is 2. The molecule has 0 saturated carbocycles. The summed E-state index contributed by atoms with van der Waals surface area (Å²) in [6.45, 7) is 1.57. The average molecular weight is 260 g/mol. The first-order valence-corrected chi connectivity index (χ1v) is 6.75. The molecule has 3 nitrogen and oxygen atoms in total. The number of Topliss-reactive ketones (excluding diaryl/α,β-unsaturated/α-hetero) is 1. The highest BCUT2D eigenvalue weighted by Gasteiger charge is 2.09. The Morgan fingerprint density at radius 1 is 1.29 bits per heavy atom. The SMILES string of the molecule is CC(=O)c1ccc2nc(-c3nccs3)sc2c1. The first-order valence-electron chi connectivity index (χ1n) is 5.05. The van der Waals surface area contributed by atoms with Crippen LogP contribution < -0.4 is 0 Å². The molecular weight excluding hydrogens is 252 g/mol. The van der Waals surface area contributed by atoms with E-state index in [2.05, 4.69) is 9.97 Å². The molecule has 0 aliphatic rings. The summed E-state index contributed by atoms with van der Waals surface area (Å²) in [5.41, 5.74) is 1.65. The molecule has 0 fully saturated rings. The van der Waals surface area contributed by atoms with E-state index in [0.29, 0.717) is 0 Å². The number of carbonyl (C=O) groups is 1. The molecule has 0 atom stereocenters. The fourth-order valence-corrected chi connectivity index (χ4v) is 3.25. The van der Waals surface area contributed by atoms with E-state index in [4.69, 9.17) is 0 Å². The molecule has 0 N–H and O–H groups in total. The van der Waals surface area contributed by atoms with Crippen molar-refractivity contribution in [3.8, 4) is 10.0 Å². The lowest BCUT2D eigenvalue weighted by molar-refractivity contribution is 0.101. The molecule has 2 aromatic heterocycles. The van der Waals surface area contributed by atoms with Gasteiger partial charge >= 0.3 is 0 Å². The van der Waals surface area contributed by atoms with Crippen molar-refractivity contribution in [2.24, 2.45) is 0 Å². The molecule has 0 aliphatic heterocycles. The van der Waals surface area contributed by atoms with Gasteiger partial charge in [0.1, 0.15) is 0 Å². The molecule has 0 unspecified atom stereocenters. The molecule has 0 spiro atoms. The van der Waals surface area contributed by atoms with E-state index < -0.39 is 0 Å². The van der Waals surface area contributed by atoms with Crippen LogP contribution in [-0.4, -0.2) is 15.8 Å². The van der Waals surface area contributed by atoms with Crippen LogP contribution in [0.5, 0.6) is 0 Å². The molecule has 17 heavy (non-hydrogen) atoms. The highest BCUT2D eigenvalue weighted by atomic mass is 32.1. The van der Waals surface area contributed by atoms with Crippen molar-refractivity contribution < 1.29 is 4.79 Å². The van der Waals surface area contributed by atoms with Crippen LogP contribution in [-0.2, 0) is 0 Å². The van der Waals surface area contributed by atoms with Gasteiger partial charge in [0.05, 0.1) is 10.2 Å². The molecule has 1 aromatic carbocycles. The van der Waals surface area contributed by atoms with Gasteiger partial charge in [-0.3, -0.25) is 4.79 Å². The Balaban J connectivity index is 2.16. The lowest BCUT2D eigenvalue weighted by atomic mass is 10.1. The van der Waals surface area contributed by atoms with Crippen LogP contribution in [0.4, 0.5) is 0 Å². The minimum atomic E-state index is 0.0797. The van der Waals surface area contributed by atoms with Gasteiger partial charge in [-0.05, 0) is 25.1 Å². The second-order valence-electron chi connectivity index (χ2n) is 3.59. The molecule has 0 aliphatic carbocycles. The molecule has 0 radical (unpaired) electrons. The normalized spacial score (nSPS) is 10.9. The third kappa shape index (κ3) is 1.87. The number of carbonyl (C=O) groups excluding carboxylic acids is 1. The zero-order valence-electron chi connectivity index (χ0n) is 9.01. The van der Waals surface area contributed by atoms with Crippen molar-refractivity contribution >= 4 is 38.7 Å². The standard InChI is InChI=1S/C12H8N2OS2/c1-7(15)8-2-3-9-10(6-8)17-12(14-9)11-13-4-5-16-11/h2-6H,1H3. The number of rotatable bonds is 2. The Hall–Kier alpha value is -1.59. The van der Waals surface area contributed by atoms with Crippen molar-refractivity contribution in [3.05, 3.63) is 35.3 Å². The summed E-state index contributed by atoms with van der Waals surface area (Å²) in [4.78, 5) is 20.0. The molecule has 3 aromatic rings. The summed E-state index contributed by atoms with van der Waals surface area (Å²) < 4.78 is 1.03. The first kappa shape index (κ1) is 10.6. The number of fused-ring (bicyclic) bond motifs is 1. The van der Waals surface area contributed by atoms with E-state index in [1.807, 2.05) is 23.6 Å².